The summed E-state index contributed by atoms with van der Waals surface area (Å²) in [5.74, 6) is 3.55. The number of alkyl halides is 1. The molecule has 0 spiro atoms. The first kappa shape index (κ1) is 27.2. The molecule has 0 heterocycles. The first-order valence-electron chi connectivity index (χ1n) is 15.9. The number of benzene rings is 3. The molecule has 3 aromatic carbocycles. The predicted octanol–water partition coefficient (Wildman–Crippen LogP) is 7.84. The van der Waals surface area contributed by atoms with Gasteiger partial charge in [-0.25, -0.2) is 0 Å². The molecule has 1 nitrogen and oxygen atoms in total. The summed E-state index contributed by atoms with van der Waals surface area (Å²) >= 11 is 4.12. The smallest absolute Gasteiger partial charge is 0.288 e. The van der Waals surface area contributed by atoms with Crippen LogP contribution in [0.3, 0.4) is 0 Å². The van der Waals surface area contributed by atoms with Gasteiger partial charge in [0.2, 0.25) is 0 Å². The summed E-state index contributed by atoms with van der Waals surface area (Å²) in [6.07, 6.45) is 12.6. The fourth-order valence-electron chi connectivity index (χ4n) is 10.2. The average molecular weight is 614 g/mol. The van der Waals surface area contributed by atoms with Gasteiger partial charge in [-0.2, -0.15) is 0 Å². The average Bonchev–Trinajstić information content (AvgIpc) is 3.31. The van der Waals surface area contributed by atoms with Gasteiger partial charge < -0.3 is 4.43 Å². The Morgan fingerprint density at radius 2 is 1.15 bits per heavy atom. The summed E-state index contributed by atoms with van der Waals surface area (Å²) in [7, 11) is -2.67. The summed E-state index contributed by atoms with van der Waals surface area (Å²) in [5.41, 5.74) is 1.00. The van der Waals surface area contributed by atoms with Crippen LogP contribution in [-0.2, 0) is 4.43 Å². The lowest BCUT2D eigenvalue weighted by molar-refractivity contribution is -0.117. The quantitative estimate of drug-likeness (QED) is 0.162. The Morgan fingerprint density at radius 3 is 1.73 bits per heavy atom. The topological polar surface area (TPSA) is 9.23 Å². The van der Waals surface area contributed by atoms with Crippen molar-refractivity contribution in [3.05, 3.63) is 91.0 Å². The van der Waals surface area contributed by atoms with Crippen LogP contribution in [0.4, 0.5) is 0 Å². The van der Waals surface area contributed by atoms with E-state index in [9.17, 15) is 0 Å². The molecule has 0 bridgehead atoms. The Hall–Kier alpha value is -1.68. The normalized spacial score (nSPS) is 37.3. The highest BCUT2D eigenvalue weighted by Crippen LogP contribution is 2.67. The molecule has 4 saturated carbocycles. The van der Waals surface area contributed by atoms with E-state index in [1.807, 2.05) is 0 Å². The van der Waals surface area contributed by atoms with Gasteiger partial charge in [-0.1, -0.05) is 121 Å². The lowest BCUT2D eigenvalue weighted by atomic mass is 9.45. The lowest BCUT2D eigenvalue weighted by Gasteiger charge is -2.61. The van der Waals surface area contributed by atoms with E-state index < -0.39 is 8.32 Å². The molecule has 4 aliphatic carbocycles. The molecular formula is C37H45BrOSi. The SMILES string of the molecule is C[C@]12CC[C@@H](O[Si](c3ccccc3)(c3ccccc3)c3ccccc3)C[C@@H]1CC[C@@H]1[C@@H]2CC[C@]2(C)[C@H](Br)CC[C@@H]12. The first-order valence-corrected chi connectivity index (χ1v) is 18.8. The standard InChI is InChI=1S/C37H45BrOSi/c1-36-24-22-28(26-27(36)18-19-32-33-20-21-35(38)37(33,2)25-23-34(32)36)39-40(29-12-6-3-7-13-29,30-14-8-4-9-15-30)31-16-10-5-11-17-31/h3-17,27-28,32-35H,18-26H2,1-2H3/t27-,28+,32-,33-,34-,35+,36-,37-/m0/s1. The van der Waals surface area contributed by atoms with Crippen molar-refractivity contribution >= 4 is 39.8 Å². The van der Waals surface area contributed by atoms with Gasteiger partial charge in [-0.15, -0.1) is 0 Å². The van der Waals surface area contributed by atoms with Crippen molar-refractivity contribution in [2.24, 2.45) is 34.5 Å². The first-order chi connectivity index (χ1) is 19.4. The van der Waals surface area contributed by atoms with Gasteiger partial charge in [0.15, 0.2) is 0 Å². The molecule has 0 unspecified atom stereocenters. The molecule has 0 aromatic heterocycles. The van der Waals surface area contributed by atoms with Crippen LogP contribution >= 0.6 is 15.9 Å². The van der Waals surface area contributed by atoms with E-state index in [0.717, 1.165) is 28.5 Å². The van der Waals surface area contributed by atoms with Crippen LogP contribution in [0, 0.1) is 34.5 Å². The maximum atomic E-state index is 7.70. The highest BCUT2D eigenvalue weighted by molar-refractivity contribution is 9.09. The fraction of sp³-hybridized carbons (Fsp3) is 0.514. The lowest BCUT2D eigenvalue weighted by Crippen LogP contribution is -2.70. The minimum absolute atomic E-state index is 0.314. The second-order valence-electron chi connectivity index (χ2n) is 14.0. The Labute approximate surface area is 251 Å². The zero-order chi connectivity index (χ0) is 27.4. The van der Waals surface area contributed by atoms with Gasteiger partial charge in [0.1, 0.15) is 0 Å². The van der Waals surface area contributed by atoms with E-state index in [1.165, 1.54) is 73.3 Å². The van der Waals surface area contributed by atoms with Crippen molar-refractivity contribution in [3.63, 3.8) is 0 Å². The predicted molar refractivity (Wildman–Crippen MR) is 173 cm³/mol. The molecule has 8 atom stereocenters. The number of halogens is 1. The van der Waals surface area contributed by atoms with Crippen LogP contribution in [0.25, 0.3) is 0 Å². The molecule has 3 heteroatoms. The van der Waals surface area contributed by atoms with Crippen molar-refractivity contribution in [2.45, 2.75) is 82.6 Å². The zero-order valence-electron chi connectivity index (χ0n) is 24.3. The van der Waals surface area contributed by atoms with Gasteiger partial charge >= 0.3 is 0 Å². The van der Waals surface area contributed by atoms with Gasteiger partial charge in [-0.05, 0) is 108 Å². The Bertz CT molecular complexity index is 1200. The van der Waals surface area contributed by atoms with Crippen LogP contribution in [0.2, 0.25) is 0 Å². The van der Waals surface area contributed by atoms with Gasteiger partial charge in [0.25, 0.3) is 8.32 Å². The van der Waals surface area contributed by atoms with Crippen molar-refractivity contribution in [2.75, 3.05) is 0 Å². The maximum Gasteiger partial charge on any atom is 0.288 e. The molecule has 4 aliphatic rings. The zero-order valence-corrected chi connectivity index (χ0v) is 26.9. The number of fused-ring (bicyclic) bond motifs is 5. The fourth-order valence-corrected chi connectivity index (χ4v) is 15.2. The Kier molecular flexibility index (Phi) is 7.16. The molecule has 210 valence electrons. The summed E-state index contributed by atoms with van der Waals surface area (Å²) < 4.78 is 7.70. The number of hydrogen-bond donors (Lipinski definition) is 0. The van der Waals surface area contributed by atoms with Crippen LogP contribution in [0.5, 0.6) is 0 Å². The molecule has 0 amide bonds. The van der Waals surface area contributed by atoms with Crippen LogP contribution in [0.15, 0.2) is 91.0 Å². The summed E-state index contributed by atoms with van der Waals surface area (Å²) in [6, 6.07) is 33.5. The summed E-state index contributed by atoms with van der Waals surface area (Å²) in [4.78, 5) is 0.729. The van der Waals surface area contributed by atoms with E-state index in [2.05, 4.69) is 121 Å². The molecule has 0 saturated heterocycles. The van der Waals surface area contributed by atoms with Gasteiger partial charge in [0.05, 0.1) is 0 Å². The Morgan fingerprint density at radius 1 is 0.625 bits per heavy atom. The number of hydrogen-bond acceptors (Lipinski definition) is 1. The minimum atomic E-state index is -2.67. The number of rotatable bonds is 5. The third-order valence-electron chi connectivity index (χ3n) is 12.4. The van der Waals surface area contributed by atoms with E-state index >= 15 is 0 Å². The summed E-state index contributed by atoms with van der Waals surface area (Å²) in [6.45, 7) is 5.31. The minimum Gasteiger partial charge on any atom is -0.401 e. The molecule has 0 aliphatic heterocycles. The highest BCUT2D eigenvalue weighted by Gasteiger charge is 2.60. The third-order valence-corrected chi connectivity index (χ3v) is 18.0. The molecule has 0 N–H and O–H groups in total. The monoisotopic (exact) mass is 612 g/mol. The van der Waals surface area contributed by atoms with Gasteiger partial charge in [-0.3, -0.25) is 0 Å². The van der Waals surface area contributed by atoms with Crippen LogP contribution in [-0.4, -0.2) is 19.2 Å². The van der Waals surface area contributed by atoms with Crippen LogP contribution < -0.4 is 15.6 Å². The van der Waals surface area contributed by atoms with Crippen molar-refractivity contribution < 1.29 is 4.43 Å². The highest BCUT2D eigenvalue weighted by atomic mass is 79.9. The Balaban J connectivity index is 1.21. The second kappa shape index (κ2) is 10.5. The largest absolute Gasteiger partial charge is 0.401 e. The molecule has 4 fully saturated rings. The maximum absolute atomic E-state index is 7.70. The summed E-state index contributed by atoms with van der Waals surface area (Å²) in [5, 5.41) is 4.09. The molecule has 3 aromatic rings. The molecule has 40 heavy (non-hydrogen) atoms. The van der Waals surface area contributed by atoms with Crippen LogP contribution in [0.1, 0.15) is 71.6 Å². The van der Waals surface area contributed by atoms with E-state index in [4.69, 9.17) is 4.43 Å². The molecular weight excluding hydrogens is 568 g/mol. The third kappa shape index (κ3) is 4.24. The van der Waals surface area contributed by atoms with E-state index in [-0.39, 0.29) is 0 Å². The van der Waals surface area contributed by atoms with E-state index in [0.29, 0.717) is 16.9 Å². The van der Waals surface area contributed by atoms with Crippen molar-refractivity contribution in [1.29, 1.82) is 0 Å². The van der Waals surface area contributed by atoms with Crippen molar-refractivity contribution in [1.82, 2.24) is 0 Å². The van der Waals surface area contributed by atoms with Crippen molar-refractivity contribution in [3.8, 4) is 0 Å². The molecule has 7 rings (SSSR count). The van der Waals surface area contributed by atoms with Gasteiger partial charge in [0, 0.05) is 10.9 Å². The van der Waals surface area contributed by atoms with E-state index in [1.54, 1.807) is 0 Å². The second-order valence-corrected chi connectivity index (χ2v) is 18.5. The molecule has 0 radical (unpaired) electrons.